The zero-order valence-corrected chi connectivity index (χ0v) is 7.35. The molecule has 0 radical (unpaired) electrons. The standard InChI is InChI=1S/C9H9FOS/c10-8-3-1-2-7(4-8)9(12)5-11-6-9/h1-4,12H,5-6H2. The van der Waals surface area contributed by atoms with Crippen molar-refractivity contribution >= 4 is 12.6 Å². The molecular formula is C9H9FOS. The lowest BCUT2D eigenvalue weighted by Crippen LogP contribution is -2.41. The normalized spacial score (nSPS) is 20.2. The van der Waals surface area contributed by atoms with Gasteiger partial charge in [0.05, 0.1) is 18.0 Å². The molecule has 0 aromatic heterocycles. The molecule has 3 heteroatoms. The Kier molecular flexibility index (Phi) is 1.85. The Morgan fingerprint density at radius 3 is 2.67 bits per heavy atom. The Morgan fingerprint density at radius 2 is 2.17 bits per heavy atom. The second-order valence-corrected chi connectivity index (χ2v) is 3.89. The van der Waals surface area contributed by atoms with Gasteiger partial charge in [-0.3, -0.25) is 0 Å². The highest BCUT2D eigenvalue weighted by Gasteiger charge is 2.36. The minimum atomic E-state index is -0.262. The molecule has 0 spiro atoms. The van der Waals surface area contributed by atoms with Gasteiger partial charge in [-0.25, -0.2) is 4.39 Å². The number of thiol groups is 1. The van der Waals surface area contributed by atoms with E-state index in [1.165, 1.54) is 12.1 Å². The van der Waals surface area contributed by atoms with Crippen molar-refractivity contribution in [3.63, 3.8) is 0 Å². The third kappa shape index (κ3) is 1.23. The van der Waals surface area contributed by atoms with E-state index in [1.54, 1.807) is 6.07 Å². The predicted molar refractivity (Wildman–Crippen MR) is 47.9 cm³/mol. The molecular weight excluding hydrogens is 175 g/mol. The number of hydrogen-bond donors (Lipinski definition) is 1. The lowest BCUT2D eigenvalue weighted by Gasteiger charge is -2.37. The Morgan fingerprint density at radius 1 is 1.42 bits per heavy atom. The topological polar surface area (TPSA) is 9.23 Å². The van der Waals surface area contributed by atoms with Crippen LogP contribution in [-0.2, 0) is 9.48 Å². The van der Waals surface area contributed by atoms with E-state index in [-0.39, 0.29) is 10.6 Å². The highest BCUT2D eigenvalue weighted by Crippen LogP contribution is 2.35. The Balaban J connectivity index is 2.33. The van der Waals surface area contributed by atoms with Gasteiger partial charge in [0.15, 0.2) is 0 Å². The van der Waals surface area contributed by atoms with Crippen LogP contribution in [0.3, 0.4) is 0 Å². The van der Waals surface area contributed by atoms with Crippen molar-refractivity contribution in [2.45, 2.75) is 4.75 Å². The molecule has 0 amide bonds. The molecule has 1 nitrogen and oxygen atoms in total. The fraction of sp³-hybridized carbons (Fsp3) is 0.333. The molecule has 1 aromatic carbocycles. The van der Waals surface area contributed by atoms with Crippen LogP contribution in [0.25, 0.3) is 0 Å². The van der Waals surface area contributed by atoms with Crippen LogP contribution in [0.1, 0.15) is 5.56 Å². The van der Waals surface area contributed by atoms with Crippen LogP contribution in [0, 0.1) is 5.82 Å². The molecule has 1 aliphatic heterocycles. The summed E-state index contributed by atoms with van der Waals surface area (Å²) in [6.45, 7) is 1.14. The fourth-order valence-electron chi connectivity index (χ4n) is 1.24. The second-order valence-electron chi connectivity index (χ2n) is 3.03. The SMILES string of the molecule is Fc1cccc(C2(S)COC2)c1. The molecule has 1 saturated heterocycles. The molecule has 12 heavy (non-hydrogen) atoms. The number of hydrogen-bond acceptors (Lipinski definition) is 2. The summed E-state index contributed by atoms with van der Waals surface area (Å²) >= 11 is 4.42. The van der Waals surface area contributed by atoms with Gasteiger partial charge >= 0.3 is 0 Å². The molecule has 64 valence electrons. The van der Waals surface area contributed by atoms with Crippen molar-refractivity contribution in [1.82, 2.24) is 0 Å². The van der Waals surface area contributed by atoms with Crippen molar-refractivity contribution in [2.24, 2.45) is 0 Å². The second kappa shape index (κ2) is 2.75. The molecule has 1 heterocycles. The van der Waals surface area contributed by atoms with Crippen molar-refractivity contribution in [1.29, 1.82) is 0 Å². The minimum Gasteiger partial charge on any atom is -0.378 e. The molecule has 1 aliphatic rings. The summed E-state index contributed by atoms with van der Waals surface area (Å²) < 4.78 is 17.6. The van der Waals surface area contributed by atoms with Crippen molar-refractivity contribution in [3.05, 3.63) is 35.6 Å². The smallest absolute Gasteiger partial charge is 0.123 e. The van der Waals surface area contributed by atoms with Crippen molar-refractivity contribution < 1.29 is 9.13 Å². The Labute approximate surface area is 76.0 Å². The van der Waals surface area contributed by atoms with Crippen molar-refractivity contribution in [2.75, 3.05) is 13.2 Å². The van der Waals surface area contributed by atoms with Gasteiger partial charge in [0, 0.05) is 0 Å². The first-order chi connectivity index (χ1) is 5.71. The first-order valence-corrected chi connectivity index (χ1v) is 4.22. The van der Waals surface area contributed by atoms with Crippen molar-refractivity contribution in [3.8, 4) is 0 Å². The molecule has 0 bridgehead atoms. The van der Waals surface area contributed by atoms with Gasteiger partial charge in [-0.15, -0.1) is 0 Å². The molecule has 0 saturated carbocycles. The maximum atomic E-state index is 12.8. The van der Waals surface area contributed by atoms with Crippen LogP contribution in [0.5, 0.6) is 0 Å². The summed E-state index contributed by atoms with van der Waals surface area (Å²) in [6.07, 6.45) is 0. The van der Waals surface area contributed by atoms with Crippen LogP contribution < -0.4 is 0 Å². The average Bonchev–Trinajstić information content (AvgIpc) is 2.00. The van der Waals surface area contributed by atoms with Crippen LogP contribution in [0.4, 0.5) is 4.39 Å². The third-order valence-corrected chi connectivity index (χ3v) is 2.56. The largest absolute Gasteiger partial charge is 0.378 e. The lowest BCUT2D eigenvalue weighted by atomic mass is 9.96. The van der Waals surface area contributed by atoms with Crippen LogP contribution in [-0.4, -0.2) is 13.2 Å². The highest BCUT2D eigenvalue weighted by atomic mass is 32.1. The molecule has 0 atom stereocenters. The van der Waals surface area contributed by atoms with Gasteiger partial charge in [0.25, 0.3) is 0 Å². The summed E-state index contributed by atoms with van der Waals surface area (Å²) in [4.78, 5) is 0. The van der Waals surface area contributed by atoms with Crippen LogP contribution in [0.15, 0.2) is 24.3 Å². The maximum Gasteiger partial charge on any atom is 0.123 e. The Bertz CT molecular complexity index is 296. The first kappa shape index (κ1) is 8.08. The molecule has 2 rings (SSSR count). The van der Waals surface area contributed by atoms with E-state index in [0.717, 1.165) is 5.56 Å². The summed E-state index contributed by atoms with van der Waals surface area (Å²) in [6, 6.07) is 6.51. The summed E-state index contributed by atoms with van der Waals surface area (Å²) in [5.41, 5.74) is 0.900. The van der Waals surface area contributed by atoms with Crippen LogP contribution >= 0.6 is 12.6 Å². The molecule has 0 aliphatic carbocycles. The van der Waals surface area contributed by atoms with E-state index in [9.17, 15) is 4.39 Å². The maximum absolute atomic E-state index is 12.8. The number of halogens is 1. The summed E-state index contributed by atoms with van der Waals surface area (Å²) in [5, 5.41) is 0. The van der Waals surface area contributed by atoms with Crippen LogP contribution in [0.2, 0.25) is 0 Å². The van der Waals surface area contributed by atoms with E-state index in [2.05, 4.69) is 12.6 Å². The number of benzene rings is 1. The van der Waals surface area contributed by atoms with Gasteiger partial charge in [0.2, 0.25) is 0 Å². The van der Waals surface area contributed by atoms with E-state index in [1.807, 2.05) is 6.07 Å². The third-order valence-electron chi connectivity index (χ3n) is 2.04. The van der Waals surface area contributed by atoms with Gasteiger partial charge in [-0.2, -0.15) is 12.6 Å². The van der Waals surface area contributed by atoms with E-state index in [0.29, 0.717) is 13.2 Å². The molecule has 0 N–H and O–H groups in total. The molecule has 0 unspecified atom stereocenters. The Hall–Kier alpha value is -0.540. The highest BCUT2D eigenvalue weighted by molar-refractivity contribution is 7.81. The first-order valence-electron chi connectivity index (χ1n) is 3.77. The fourth-order valence-corrected chi connectivity index (χ4v) is 1.56. The van der Waals surface area contributed by atoms with E-state index < -0.39 is 0 Å². The van der Waals surface area contributed by atoms with Gasteiger partial charge in [-0.05, 0) is 17.7 Å². The zero-order chi connectivity index (χ0) is 8.60. The quantitative estimate of drug-likeness (QED) is 0.657. The van der Waals surface area contributed by atoms with Gasteiger partial charge in [0.1, 0.15) is 5.82 Å². The summed E-state index contributed by atoms with van der Waals surface area (Å²) in [5.74, 6) is -0.215. The zero-order valence-electron chi connectivity index (χ0n) is 6.46. The average molecular weight is 184 g/mol. The molecule has 1 fully saturated rings. The minimum absolute atomic E-state index is 0.215. The molecule has 1 aromatic rings. The lowest BCUT2D eigenvalue weighted by molar-refractivity contribution is -0.00979. The monoisotopic (exact) mass is 184 g/mol. The predicted octanol–water partition coefficient (Wildman–Crippen LogP) is 1.98. The number of ether oxygens (including phenoxy) is 1. The van der Waals surface area contributed by atoms with Gasteiger partial charge < -0.3 is 4.74 Å². The van der Waals surface area contributed by atoms with E-state index in [4.69, 9.17) is 4.74 Å². The van der Waals surface area contributed by atoms with E-state index >= 15 is 0 Å². The summed E-state index contributed by atoms with van der Waals surface area (Å²) in [7, 11) is 0. The number of rotatable bonds is 1. The van der Waals surface area contributed by atoms with Gasteiger partial charge in [-0.1, -0.05) is 12.1 Å².